The molecule has 0 bridgehead atoms. The van der Waals surface area contributed by atoms with E-state index in [1.54, 1.807) is 12.1 Å². The maximum atomic E-state index is 11.2. The van der Waals surface area contributed by atoms with Crippen LogP contribution >= 0.6 is 0 Å². The summed E-state index contributed by atoms with van der Waals surface area (Å²) in [5, 5.41) is 3.79. The first kappa shape index (κ1) is 13.4. The Bertz CT molecular complexity index is 578. The number of hydrogen-bond acceptors (Lipinski definition) is 6. The number of nitrogens with zero attached hydrogens (tertiary/aromatic N) is 2. The number of nitrogens with two attached hydrogens (primary N) is 1. The minimum Gasteiger partial charge on any atom is -0.379 e. The van der Waals surface area contributed by atoms with Crippen molar-refractivity contribution in [2.24, 2.45) is 5.73 Å². The average molecular weight is 264 g/mol. The quantitative estimate of drug-likeness (QED) is 0.749. The van der Waals surface area contributed by atoms with E-state index in [1.165, 1.54) is 6.07 Å². The molecule has 0 fully saturated rings. The third-order valence-corrected chi connectivity index (χ3v) is 2.42. The zero-order valence-electron chi connectivity index (χ0n) is 10.6. The number of H-pyrrole nitrogens is 1. The van der Waals surface area contributed by atoms with Crippen LogP contribution in [0.25, 0.3) is 11.6 Å². The molecule has 0 aliphatic rings. The molecular weight excluding hydrogens is 248 g/mol. The Hall–Kier alpha value is -1.99. The fourth-order valence-electron chi connectivity index (χ4n) is 1.50. The number of aromatic amines is 1. The van der Waals surface area contributed by atoms with Crippen LogP contribution in [0, 0.1) is 0 Å². The van der Waals surface area contributed by atoms with Crippen molar-refractivity contribution in [3.8, 4) is 11.6 Å². The summed E-state index contributed by atoms with van der Waals surface area (Å²) in [4.78, 5) is 17.9. The Balaban J connectivity index is 2.08. The minimum absolute atomic E-state index is 0.229. The average Bonchev–Trinajstić information content (AvgIpc) is 2.88. The third kappa shape index (κ3) is 3.49. The molecule has 0 saturated heterocycles. The molecule has 0 saturated carbocycles. The fraction of sp³-hybridized carbons (Fsp3) is 0.417. The van der Waals surface area contributed by atoms with Crippen molar-refractivity contribution in [2.45, 2.75) is 19.4 Å². The molecule has 1 atom stereocenters. The molecule has 0 aliphatic carbocycles. The number of nitrogens with one attached hydrogen (secondary N) is 1. The lowest BCUT2D eigenvalue weighted by atomic mass is 10.3. The fourth-order valence-corrected chi connectivity index (χ4v) is 1.50. The zero-order valence-corrected chi connectivity index (χ0v) is 10.6. The molecule has 2 aromatic rings. The Labute approximate surface area is 109 Å². The maximum Gasteiger partial charge on any atom is 0.274 e. The van der Waals surface area contributed by atoms with E-state index < -0.39 is 6.04 Å². The molecule has 0 aromatic carbocycles. The second kappa shape index (κ2) is 6.26. The van der Waals surface area contributed by atoms with Gasteiger partial charge in [0, 0.05) is 12.7 Å². The predicted molar refractivity (Wildman–Crippen MR) is 68.4 cm³/mol. The normalized spacial score (nSPS) is 12.5. The van der Waals surface area contributed by atoms with Gasteiger partial charge in [0.1, 0.15) is 5.69 Å². The third-order valence-electron chi connectivity index (χ3n) is 2.42. The van der Waals surface area contributed by atoms with Gasteiger partial charge in [-0.2, -0.15) is 4.98 Å². The smallest absolute Gasteiger partial charge is 0.274 e. The van der Waals surface area contributed by atoms with Crippen molar-refractivity contribution in [3.05, 3.63) is 34.4 Å². The molecule has 7 nitrogen and oxygen atoms in total. The van der Waals surface area contributed by atoms with Gasteiger partial charge in [-0.3, -0.25) is 4.79 Å². The van der Waals surface area contributed by atoms with E-state index in [2.05, 4.69) is 15.1 Å². The first-order valence-corrected chi connectivity index (χ1v) is 6.07. The van der Waals surface area contributed by atoms with Crippen LogP contribution in [-0.2, 0) is 4.74 Å². The van der Waals surface area contributed by atoms with Crippen molar-refractivity contribution in [2.75, 3.05) is 13.2 Å². The van der Waals surface area contributed by atoms with Crippen molar-refractivity contribution >= 4 is 0 Å². The number of pyridine rings is 1. The van der Waals surface area contributed by atoms with Gasteiger partial charge in [0.25, 0.3) is 5.89 Å². The monoisotopic (exact) mass is 264 g/mol. The van der Waals surface area contributed by atoms with E-state index >= 15 is 0 Å². The molecule has 1 unspecified atom stereocenters. The van der Waals surface area contributed by atoms with Crippen LogP contribution in [0.15, 0.2) is 27.5 Å². The highest BCUT2D eigenvalue weighted by atomic mass is 16.5. The van der Waals surface area contributed by atoms with Crippen LogP contribution in [0.3, 0.4) is 0 Å². The molecule has 2 heterocycles. The Morgan fingerprint density at radius 3 is 3.11 bits per heavy atom. The van der Waals surface area contributed by atoms with Crippen molar-refractivity contribution in [1.82, 2.24) is 15.1 Å². The molecular formula is C12H16N4O3. The van der Waals surface area contributed by atoms with Gasteiger partial charge in [0.15, 0.2) is 5.82 Å². The summed E-state index contributed by atoms with van der Waals surface area (Å²) in [5.74, 6) is 0.592. The highest BCUT2D eigenvalue weighted by Crippen LogP contribution is 2.15. The van der Waals surface area contributed by atoms with Crippen LogP contribution in [0.1, 0.15) is 25.2 Å². The molecule has 102 valence electrons. The van der Waals surface area contributed by atoms with Crippen molar-refractivity contribution < 1.29 is 9.26 Å². The van der Waals surface area contributed by atoms with Crippen molar-refractivity contribution in [1.29, 1.82) is 0 Å². The summed E-state index contributed by atoms with van der Waals surface area (Å²) >= 11 is 0. The van der Waals surface area contributed by atoms with E-state index in [0.717, 1.165) is 6.42 Å². The second-order valence-corrected chi connectivity index (χ2v) is 4.07. The van der Waals surface area contributed by atoms with Gasteiger partial charge in [-0.15, -0.1) is 0 Å². The number of hydrogen-bond donors (Lipinski definition) is 2. The molecule has 0 radical (unpaired) electrons. The van der Waals surface area contributed by atoms with Gasteiger partial charge in [-0.1, -0.05) is 18.1 Å². The van der Waals surface area contributed by atoms with Crippen LogP contribution in [-0.4, -0.2) is 28.3 Å². The second-order valence-electron chi connectivity index (χ2n) is 4.07. The van der Waals surface area contributed by atoms with E-state index in [1.807, 2.05) is 6.92 Å². The van der Waals surface area contributed by atoms with Crippen LogP contribution in [0.4, 0.5) is 0 Å². The summed E-state index contributed by atoms with van der Waals surface area (Å²) in [6.45, 7) is 2.99. The maximum absolute atomic E-state index is 11.2. The Morgan fingerprint density at radius 1 is 1.53 bits per heavy atom. The van der Waals surface area contributed by atoms with Crippen LogP contribution in [0.5, 0.6) is 0 Å². The van der Waals surface area contributed by atoms with Crippen molar-refractivity contribution in [3.63, 3.8) is 0 Å². The number of aromatic nitrogens is 3. The Kier molecular flexibility index (Phi) is 4.43. The van der Waals surface area contributed by atoms with Gasteiger partial charge in [0.05, 0.1) is 12.6 Å². The molecule has 2 aromatic heterocycles. The minimum atomic E-state index is -0.445. The molecule has 0 spiro atoms. The van der Waals surface area contributed by atoms with Gasteiger partial charge < -0.3 is 20.0 Å². The predicted octanol–water partition coefficient (Wildman–Crippen LogP) is 0.851. The lowest BCUT2D eigenvalue weighted by molar-refractivity contribution is 0.119. The summed E-state index contributed by atoms with van der Waals surface area (Å²) in [7, 11) is 0. The molecule has 7 heteroatoms. The SMILES string of the molecule is CCCOCC(N)c1noc(-c2cccc(=O)[nH]2)n1. The standard InChI is InChI=1S/C12H16N4O3/c1-2-6-18-7-8(13)11-15-12(19-16-11)9-4-3-5-10(17)14-9/h3-5,8H,2,6-7,13H2,1H3,(H,14,17). The highest BCUT2D eigenvalue weighted by molar-refractivity contribution is 5.45. The summed E-state index contributed by atoms with van der Waals surface area (Å²) in [5.41, 5.74) is 6.11. The van der Waals surface area contributed by atoms with E-state index in [4.69, 9.17) is 15.0 Å². The van der Waals surface area contributed by atoms with E-state index in [0.29, 0.717) is 24.7 Å². The lowest BCUT2D eigenvalue weighted by Crippen LogP contribution is -2.18. The number of rotatable bonds is 6. The van der Waals surface area contributed by atoms with Gasteiger partial charge in [-0.05, 0) is 12.5 Å². The molecule has 3 N–H and O–H groups in total. The number of ether oxygens (including phenoxy) is 1. The molecule has 0 amide bonds. The topological polar surface area (TPSA) is 107 Å². The zero-order chi connectivity index (χ0) is 13.7. The van der Waals surface area contributed by atoms with Gasteiger partial charge in [-0.25, -0.2) is 0 Å². The van der Waals surface area contributed by atoms with E-state index in [-0.39, 0.29) is 11.4 Å². The first-order chi connectivity index (χ1) is 9.20. The molecule has 19 heavy (non-hydrogen) atoms. The molecule has 2 rings (SSSR count). The largest absolute Gasteiger partial charge is 0.379 e. The van der Waals surface area contributed by atoms with Gasteiger partial charge in [0.2, 0.25) is 5.56 Å². The summed E-state index contributed by atoms with van der Waals surface area (Å²) in [6.07, 6.45) is 0.926. The van der Waals surface area contributed by atoms with Crippen LogP contribution < -0.4 is 11.3 Å². The first-order valence-electron chi connectivity index (χ1n) is 6.07. The van der Waals surface area contributed by atoms with E-state index in [9.17, 15) is 4.79 Å². The summed E-state index contributed by atoms with van der Waals surface area (Å²) < 4.78 is 10.4. The lowest BCUT2D eigenvalue weighted by Gasteiger charge is -2.06. The summed E-state index contributed by atoms with van der Waals surface area (Å²) in [6, 6.07) is 4.25. The Morgan fingerprint density at radius 2 is 2.37 bits per heavy atom. The van der Waals surface area contributed by atoms with Crippen LogP contribution in [0.2, 0.25) is 0 Å². The van der Waals surface area contributed by atoms with Gasteiger partial charge >= 0.3 is 0 Å². The molecule has 0 aliphatic heterocycles. The highest BCUT2D eigenvalue weighted by Gasteiger charge is 2.15.